The molecular weight excluding hydrogens is 270 g/mol. The molecular formula is C20H19NO. The maximum absolute atomic E-state index is 12.5. The topological polar surface area (TPSA) is 40.9 Å². The first-order valence-corrected chi connectivity index (χ1v) is 7.42. The second kappa shape index (κ2) is 7.95. The van der Waals surface area contributed by atoms with Crippen LogP contribution in [0.5, 0.6) is 0 Å². The molecule has 2 rings (SSSR count). The molecule has 0 heterocycles. The van der Waals surface area contributed by atoms with E-state index in [4.69, 9.17) is 5.26 Å². The molecule has 2 aromatic rings. The fraction of sp³-hybridized carbons (Fsp3) is 0.200. The van der Waals surface area contributed by atoms with E-state index >= 15 is 0 Å². The highest BCUT2D eigenvalue weighted by atomic mass is 16.1. The summed E-state index contributed by atoms with van der Waals surface area (Å²) < 4.78 is 0. The molecule has 0 unspecified atom stereocenters. The fourth-order valence-corrected chi connectivity index (χ4v) is 2.58. The van der Waals surface area contributed by atoms with E-state index in [1.54, 1.807) is 0 Å². The van der Waals surface area contributed by atoms with E-state index in [9.17, 15) is 4.79 Å². The van der Waals surface area contributed by atoms with Gasteiger partial charge in [0.05, 0.1) is 6.07 Å². The number of rotatable bonds is 6. The molecule has 0 aliphatic heterocycles. The summed E-state index contributed by atoms with van der Waals surface area (Å²) in [4.78, 5) is 12.5. The Balaban J connectivity index is 2.24. The van der Waals surface area contributed by atoms with Gasteiger partial charge in [0.25, 0.3) is 0 Å². The highest BCUT2D eigenvalue weighted by Crippen LogP contribution is 2.30. The molecule has 110 valence electrons. The van der Waals surface area contributed by atoms with Crippen molar-refractivity contribution in [1.29, 1.82) is 5.26 Å². The van der Waals surface area contributed by atoms with Crippen LogP contribution in [0.1, 0.15) is 35.2 Å². The molecule has 0 radical (unpaired) electrons. The lowest BCUT2D eigenvalue weighted by Gasteiger charge is -2.21. The number of nitrogens with zero attached hydrogens (tertiary/aromatic N) is 1. The van der Waals surface area contributed by atoms with Gasteiger partial charge in [-0.25, -0.2) is 0 Å². The SMILES string of the molecule is C[C@H](/C=C/C#N)[C@@H](CC(=O)c1ccccc1)c1ccccc1. The molecule has 2 atom stereocenters. The minimum atomic E-state index is 0.0681. The predicted molar refractivity (Wildman–Crippen MR) is 88.5 cm³/mol. The summed E-state index contributed by atoms with van der Waals surface area (Å²) in [6, 6.07) is 21.4. The van der Waals surface area contributed by atoms with Gasteiger partial charge in [-0.05, 0) is 17.4 Å². The van der Waals surface area contributed by atoms with Gasteiger partial charge < -0.3 is 0 Å². The van der Waals surface area contributed by atoms with Gasteiger partial charge in [0, 0.05) is 18.1 Å². The summed E-state index contributed by atoms with van der Waals surface area (Å²) in [6.45, 7) is 2.05. The minimum Gasteiger partial charge on any atom is -0.294 e. The van der Waals surface area contributed by atoms with Gasteiger partial charge in [-0.3, -0.25) is 4.79 Å². The van der Waals surface area contributed by atoms with E-state index in [-0.39, 0.29) is 17.6 Å². The van der Waals surface area contributed by atoms with Gasteiger partial charge in [-0.15, -0.1) is 0 Å². The Morgan fingerprint density at radius 2 is 1.68 bits per heavy atom. The normalized spacial score (nSPS) is 13.5. The summed E-state index contributed by atoms with van der Waals surface area (Å²) in [5.41, 5.74) is 1.86. The van der Waals surface area contributed by atoms with Crippen LogP contribution in [0.15, 0.2) is 72.8 Å². The zero-order valence-corrected chi connectivity index (χ0v) is 12.6. The highest BCUT2D eigenvalue weighted by molar-refractivity contribution is 5.96. The van der Waals surface area contributed by atoms with Crippen LogP contribution in [-0.4, -0.2) is 5.78 Å². The van der Waals surface area contributed by atoms with Crippen molar-refractivity contribution in [3.63, 3.8) is 0 Å². The van der Waals surface area contributed by atoms with E-state index in [1.807, 2.05) is 79.7 Å². The minimum absolute atomic E-state index is 0.0681. The molecule has 0 fully saturated rings. The number of carbonyl (C=O) groups excluding carboxylic acids is 1. The Kier molecular flexibility index (Phi) is 5.68. The maximum atomic E-state index is 12.5. The Morgan fingerprint density at radius 3 is 2.27 bits per heavy atom. The van der Waals surface area contributed by atoms with Crippen LogP contribution in [-0.2, 0) is 0 Å². The Hall–Kier alpha value is -2.66. The number of Topliss-reactive ketones (excluding diaryl/α,β-unsaturated/α-hetero) is 1. The van der Waals surface area contributed by atoms with Crippen LogP contribution >= 0.6 is 0 Å². The molecule has 2 aromatic carbocycles. The summed E-state index contributed by atoms with van der Waals surface area (Å²) in [6.07, 6.45) is 3.80. The molecule has 22 heavy (non-hydrogen) atoms. The number of ketones is 1. The van der Waals surface area contributed by atoms with Crippen molar-refractivity contribution >= 4 is 5.78 Å². The van der Waals surface area contributed by atoms with E-state index in [1.165, 1.54) is 6.08 Å². The Labute approximate surface area is 131 Å². The summed E-state index contributed by atoms with van der Waals surface area (Å²) in [5, 5.41) is 8.72. The fourth-order valence-electron chi connectivity index (χ4n) is 2.58. The first-order chi connectivity index (χ1) is 10.7. The molecule has 0 amide bonds. The van der Waals surface area contributed by atoms with Crippen molar-refractivity contribution in [2.75, 3.05) is 0 Å². The smallest absolute Gasteiger partial charge is 0.163 e. The van der Waals surface area contributed by atoms with Gasteiger partial charge in [-0.2, -0.15) is 5.26 Å². The van der Waals surface area contributed by atoms with Crippen LogP contribution in [0.3, 0.4) is 0 Å². The lowest BCUT2D eigenvalue weighted by atomic mass is 9.82. The second-order valence-corrected chi connectivity index (χ2v) is 5.36. The van der Waals surface area contributed by atoms with Crippen molar-refractivity contribution < 1.29 is 4.79 Å². The Bertz CT molecular complexity index is 668. The molecule has 0 bridgehead atoms. The van der Waals surface area contributed by atoms with Gasteiger partial charge in [-0.1, -0.05) is 73.7 Å². The van der Waals surface area contributed by atoms with E-state index < -0.39 is 0 Å². The van der Waals surface area contributed by atoms with Gasteiger partial charge in [0.2, 0.25) is 0 Å². The van der Waals surface area contributed by atoms with Crippen LogP contribution in [0, 0.1) is 17.2 Å². The number of hydrogen-bond donors (Lipinski definition) is 0. The number of nitriles is 1. The first kappa shape index (κ1) is 15.7. The van der Waals surface area contributed by atoms with Crippen LogP contribution in [0.2, 0.25) is 0 Å². The molecule has 0 spiro atoms. The number of hydrogen-bond acceptors (Lipinski definition) is 2. The van der Waals surface area contributed by atoms with Crippen molar-refractivity contribution in [2.24, 2.45) is 5.92 Å². The largest absolute Gasteiger partial charge is 0.294 e. The Morgan fingerprint density at radius 1 is 1.09 bits per heavy atom. The molecule has 0 saturated heterocycles. The average molecular weight is 289 g/mol. The van der Waals surface area contributed by atoms with Gasteiger partial charge >= 0.3 is 0 Å². The molecule has 0 saturated carbocycles. The van der Waals surface area contributed by atoms with E-state index in [0.29, 0.717) is 6.42 Å². The molecule has 0 N–H and O–H groups in total. The highest BCUT2D eigenvalue weighted by Gasteiger charge is 2.21. The standard InChI is InChI=1S/C20H19NO/c1-16(9-8-14-21)19(17-10-4-2-5-11-17)15-20(22)18-12-6-3-7-13-18/h2-13,16,19H,15H2,1H3/b9-8+/t16-,19-/m1/s1. The molecule has 0 aromatic heterocycles. The number of benzene rings is 2. The van der Waals surface area contributed by atoms with E-state index in [0.717, 1.165) is 11.1 Å². The van der Waals surface area contributed by atoms with Crippen molar-refractivity contribution in [2.45, 2.75) is 19.3 Å². The zero-order chi connectivity index (χ0) is 15.8. The summed E-state index contributed by atoms with van der Waals surface area (Å²) >= 11 is 0. The van der Waals surface area contributed by atoms with Crippen molar-refractivity contribution in [3.8, 4) is 6.07 Å². The molecule has 0 aliphatic rings. The summed E-state index contributed by atoms with van der Waals surface area (Å²) in [5.74, 6) is 0.319. The number of carbonyl (C=O) groups is 1. The quantitative estimate of drug-likeness (QED) is 0.568. The van der Waals surface area contributed by atoms with E-state index in [2.05, 4.69) is 0 Å². The van der Waals surface area contributed by atoms with Gasteiger partial charge in [0.1, 0.15) is 0 Å². The molecule has 0 aliphatic carbocycles. The third-order valence-corrected chi connectivity index (χ3v) is 3.84. The molecule has 2 nitrogen and oxygen atoms in total. The third kappa shape index (κ3) is 4.17. The average Bonchev–Trinajstić information content (AvgIpc) is 2.59. The summed E-state index contributed by atoms with van der Waals surface area (Å²) in [7, 11) is 0. The predicted octanol–water partition coefficient (Wildman–Crippen LogP) is 4.76. The van der Waals surface area contributed by atoms with Gasteiger partial charge in [0.15, 0.2) is 5.78 Å². The monoisotopic (exact) mass is 289 g/mol. The lowest BCUT2D eigenvalue weighted by molar-refractivity contribution is 0.0968. The van der Waals surface area contributed by atoms with Crippen molar-refractivity contribution in [3.05, 3.63) is 83.9 Å². The maximum Gasteiger partial charge on any atom is 0.163 e. The van der Waals surface area contributed by atoms with Crippen LogP contribution < -0.4 is 0 Å². The first-order valence-electron chi connectivity index (χ1n) is 7.42. The number of allylic oxidation sites excluding steroid dienone is 2. The van der Waals surface area contributed by atoms with Crippen LogP contribution in [0.4, 0.5) is 0 Å². The van der Waals surface area contributed by atoms with Crippen LogP contribution in [0.25, 0.3) is 0 Å². The lowest BCUT2D eigenvalue weighted by Crippen LogP contribution is -2.13. The second-order valence-electron chi connectivity index (χ2n) is 5.36. The molecule has 2 heteroatoms. The third-order valence-electron chi connectivity index (χ3n) is 3.84. The van der Waals surface area contributed by atoms with Crippen molar-refractivity contribution in [1.82, 2.24) is 0 Å². The zero-order valence-electron chi connectivity index (χ0n) is 12.6.